The van der Waals surface area contributed by atoms with Crippen LogP contribution in [0.4, 0.5) is 0 Å². The van der Waals surface area contributed by atoms with Crippen LogP contribution in [0.2, 0.25) is 0 Å². The highest BCUT2D eigenvalue weighted by molar-refractivity contribution is 5.41. The summed E-state index contributed by atoms with van der Waals surface area (Å²) < 4.78 is 33.4. The molecule has 0 amide bonds. The highest BCUT2D eigenvalue weighted by Crippen LogP contribution is 2.33. The molecule has 6 nitrogen and oxygen atoms in total. The first kappa shape index (κ1) is 29.9. The van der Waals surface area contributed by atoms with Crippen LogP contribution in [-0.4, -0.2) is 65.1 Å². The second-order valence-corrected chi connectivity index (χ2v) is 11.3. The van der Waals surface area contributed by atoms with Crippen LogP contribution in [0.15, 0.2) is 48.5 Å². The Labute approximate surface area is 235 Å². The highest BCUT2D eigenvalue weighted by atomic mass is 16.6. The normalized spacial score (nSPS) is 18.2. The van der Waals surface area contributed by atoms with Gasteiger partial charge in [-0.2, -0.15) is 0 Å². The Morgan fingerprint density at radius 1 is 0.564 bits per heavy atom. The minimum Gasteiger partial charge on any atom is -0.494 e. The van der Waals surface area contributed by atoms with Crippen LogP contribution in [0.25, 0.3) is 0 Å². The molecule has 6 heteroatoms. The van der Waals surface area contributed by atoms with Gasteiger partial charge in [-0.15, -0.1) is 0 Å². The summed E-state index contributed by atoms with van der Waals surface area (Å²) in [5.41, 5.74) is 2.45. The van der Waals surface area contributed by atoms with E-state index < -0.39 is 0 Å². The van der Waals surface area contributed by atoms with Gasteiger partial charge in [0.25, 0.3) is 0 Å². The summed E-state index contributed by atoms with van der Waals surface area (Å²) in [5.74, 6) is 1.87. The molecular formula is C33H48O6. The Balaban J connectivity index is 1.07. The summed E-state index contributed by atoms with van der Waals surface area (Å²) >= 11 is 0. The summed E-state index contributed by atoms with van der Waals surface area (Å²) in [6, 6.07) is 17.1. The SMILES string of the molecule is CC(C)(c1ccc(OCCCCCCOCC2CO2)cc1)c1ccc(OCCCCCCOCC2CO2)cc1. The first-order valence-corrected chi connectivity index (χ1v) is 15.0. The van der Waals surface area contributed by atoms with Crippen LogP contribution in [-0.2, 0) is 24.4 Å². The Bertz CT molecular complexity index is 843. The number of rotatable bonds is 22. The molecule has 0 N–H and O–H groups in total. The minimum atomic E-state index is -0.0987. The lowest BCUT2D eigenvalue weighted by atomic mass is 9.78. The third kappa shape index (κ3) is 11.5. The molecule has 2 aliphatic heterocycles. The van der Waals surface area contributed by atoms with Crippen molar-refractivity contribution in [3.05, 3.63) is 59.7 Å². The van der Waals surface area contributed by atoms with E-state index in [4.69, 9.17) is 28.4 Å². The van der Waals surface area contributed by atoms with Crippen LogP contribution in [0.1, 0.15) is 76.3 Å². The van der Waals surface area contributed by atoms with Gasteiger partial charge in [-0.05, 0) is 73.9 Å². The molecule has 39 heavy (non-hydrogen) atoms. The van der Waals surface area contributed by atoms with E-state index in [0.717, 1.165) is 90.0 Å². The molecule has 4 rings (SSSR count). The monoisotopic (exact) mass is 540 g/mol. The van der Waals surface area contributed by atoms with E-state index in [-0.39, 0.29) is 5.41 Å². The van der Waals surface area contributed by atoms with Crippen LogP contribution in [0, 0.1) is 0 Å². The zero-order valence-electron chi connectivity index (χ0n) is 24.0. The largest absolute Gasteiger partial charge is 0.494 e. The molecule has 2 heterocycles. The Morgan fingerprint density at radius 2 is 0.923 bits per heavy atom. The maximum atomic E-state index is 5.98. The van der Waals surface area contributed by atoms with E-state index in [0.29, 0.717) is 12.2 Å². The fraction of sp³-hybridized carbons (Fsp3) is 0.636. The van der Waals surface area contributed by atoms with Crippen LogP contribution in [0.5, 0.6) is 11.5 Å². The number of hydrogen-bond donors (Lipinski definition) is 0. The molecule has 2 aromatic rings. The zero-order chi connectivity index (χ0) is 27.2. The average molecular weight is 541 g/mol. The molecule has 0 bridgehead atoms. The standard InChI is InChI=1S/C33H48O6/c1-33(2,27-11-15-29(16-12-27)36-21-9-5-3-7-19-34-23-31-25-38-31)28-13-17-30(18-14-28)37-22-10-6-4-8-20-35-24-32-26-39-32/h11-18,31-32H,3-10,19-26H2,1-2H3. The molecule has 0 aliphatic carbocycles. The summed E-state index contributed by atoms with van der Waals surface area (Å²) in [7, 11) is 0. The van der Waals surface area contributed by atoms with E-state index in [1.165, 1.54) is 36.8 Å². The van der Waals surface area contributed by atoms with Crippen molar-refractivity contribution in [1.82, 2.24) is 0 Å². The summed E-state index contributed by atoms with van der Waals surface area (Å²) in [5, 5.41) is 0. The molecule has 0 saturated carbocycles. The summed E-state index contributed by atoms with van der Waals surface area (Å²) in [6.07, 6.45) is 9.78. The van der Waals surface area contributed by atoms with Crippen molar-refractivity contribution in [3.63, 3.8) is 0 Å². The topological polar surface area (TPSA) is 62.0 Å². The van der Waals surface area contributed by atoms with E-state index in [9.17, 15) is 0 Å². The van der Waals surface area contributed by atoms with Crippen molar-refractivity contribution in [1.29, 1.82) is 0 Å². The first-order valence-electron chi connectivity index (χ1n) is 15.0. The molecule has 2 aromatic carbocycles. The molecule has 2 fully saturated rings. The van der Waals surface area contributed by atoms with Gasteiger partial charge >= 0.3 is 0 Å². The van der Waals surface area contributed by atoms with Crippen molar-refractivity contribution in [3.8, 4) is 11.5 Å². The molecule has 0 radical (unpaired) electrons. The van der Waals surface area contributed by atoms with E-state index >= 15 is 0 Å². The predicted octanol–water partition coefficient (Wildman–Crippen LogP) is 6.72. The van der Waals surface area contributed by atoms with Crippen molar-refractivity contribution in [2.24, 2.45) is 0 Å². The minimum absolute atomic E-state index is 0.0987. The van der Waals surface area contributed by atoms with Gasteiger partial charge in [-0.3, -0.25) is 0 Å². The van der Waals surface area contributed by atoms with Crippen molar-refractivity contribution < 1.29 is 28.4 Å². The lowest BCUT2D eigenvalue weighted by molar-refractivity contribution is 0.112. The van der Waals surface area contributed by atoms with Crippen LogP contribution >= 0.6 is 0 Å². The molecule has 2 atom stereocenters. The number of unbranched alkanes of at least 4 members (excludes halogenated alkanes) is 6. The number of epoxide rings is 2. The molecule has 0 aromatic heterocycles. The molecule has 216 valence electrons. The summed E-state index contributed by atoms with van der Waals surface area (Å²) in [6.45, 7) is 11.0. The van der Waals surface area contributed by atoms with E-state index in [1.54, 1.807) is 0 Å². The fourth-order valence-electron chi connectivity index (χ4n) is 4.56. The third-order valence-corrected chi connectivity index (χ3v) is 7.47. The maximum Gasteiger partial charge on any atom is 0.119 e. The predicted molar refractivity (Wildman–Crippen MR) is 154 cm³/mol. The second-order valence-electron chi connectivity index (χ2n) is 11.3. The number of hydrogen-bond acceptors (Lipinski definition) is 6. The lowest BCUT2D eigenvalue weighted by Crippen LogP contribution is -2.18. The molecule has 2 saturated heterocycles. The highest BCUT2D eigenvalue weighted by Gasteiger charge is 2.24. The van der Waals surface area contributed by atoms with E-state index in [1.807, 2.05) is 0 Å². The van der Waals surface area contributed by atoms with Gasteiger partial charge in [0, 0.05) is 18.6 Å². The van der Waals surface area contributed by atoms with Crippen LogP contribution in [0.3, 0.4) is 0 Å². The Hall–Kier alpha value is -2.12. The van der Waals surface area contributed by atoms with Gasteiger partial charge in [-0.25, -0.2) is 0 Å². The van der Waals surface area contributed by atoms with Gasteiger partial charge in [-0.1, -0.05) is 51.0 Å². The van der Waals surface area contributed by atoms with Crippen molar-refractivity contribution >= 4 is 0 Å². The maximum absolute atomic E-state index is 5.98. The third-order valence-electron chi connectivity index (χ3n) is 7.47. The van der Waals surface area contributed by atoms with Gasteiger partial charge in [0.15, 0.2) is 0 Å². The van der Waals surface area contributed by atoms with Gasteiger partial charge in [0.2, 0.25) is 0 Å². The molecule has 0 spiro atoms. The Kier molecular flexibility index (Phi) is 12.4. The second kappa shape index (κ2) is 16.2. The fourth-order valence-corrected chi connectivity index (χ4v) is 4.56. The van der Waals surface area contributed by atoms with Crippen molar-refractivity contribution in [2.45, 2.75) is 82.8 Å². The molecular weight excluding hydrogens is 492 g/mol. The van der Waals surface area contributed by atoms with Gasteiger partial charge in [0.05, 0.1) is 39.6 Å². The van der Waals surface area contributed by atoms with E-state index in [2.05, 4.69) is 62.4 Å². The van der Waals surface area contributed by atoms with Crippen LogP contribution < -0.4 is 9.47 Å². The number of benzene rings is 2. The Morgan fingerprint density at radius 3 is 1.28 bits per heavy atom. The first-order chi connectivity index (χ1) is 19.1. The van der Waals surface area contributed by atoms with Crippen molar-refractivity contribution in [2.75, 3.05) is 52.9 Å². The summed E-state index contributed by atoms with van der Waals surface area (Å²) in [4.78, 5) is 0. The lowest BCUT2D eigenvalue weighted by Gasteiger charge is -2.26. The van der Waals surface area contributed by atoms with Gasteiger partial charge in [0.1, 0.15) is 23.7 Å². The quantitative estimate of drug-likeness (QED) is 0.122. The smallest absolute Gasteiger partial charge is 0.119 e. The van der Waals surface area contributed by atoms with Gasteiger partial charge < -0.3 is 28.4 Å². The number of ether oxygens (including phenoxy) is 6. The molecule has 2 unspecified atom stereocenters. The average Bonchev–Trinajstić information content (AvgIpc) is 3.88. The zero-order valence-corrected chi connectivity index (χ0v) is 24.0. The molecule has 2 aliphatic rings.